The van der Waals surface area contributed by atoms with Gasteiger partial charge in [0.2, 0.25) is 5.89 Å². The van der Waals surface area contributed by atoms with E-state index in [-0.39, 0.29) is 18.5 Å². The molecule has 0 saturated carbocycles. The molecule has 3 rings (SSSR count). The van der Waals surface area contributed by atoms with Gasteiger partial charge in [0.25, 0.3) is 0 Å². The zero-order chi connectivity index (χ0) is 19.4. The fraction of sp³-hybridized carbons (Fsp3) is 0.167. The molecule has 1 heterocycles. The van der Waals surface area contributed by atoms with E-state index in [1.807, 2.05) is 6.07 Å². The molecule has 0 unspecified atom stereocenters. The van der Waals surface area contributed by atoms with Gasteiger partial charge in [0.1, 0.15) is 6.54 Å². The van der Waals surface area contributed by atoms with Crippen molar-refractivity contribution in [2.45, 2.75) is 12.6 Å². The molecule has 27 heavy (non-hydrogen) atoms. The Morgan fingerprint density at radius 2 is 1.78 bits per heavy atom. The van der Waals surface area contributed by atoms with Gasteiger partial charge in [0.15, 0.2) is 0 Å². The van der Waals surface area contributed by atoms with Crippen molar-refractivity contribution in [3.63, 3.8) is 0 Å². The summed E-state index contributed by atoms with van der Waals surface area (Å²) in [6.45, 7) is -0.366. The van der Waals surface area contributed by atoms with E-state index in [1.54, 1.807) is 18.2 Å². The standard InChI is InChI=1S/C18H14F3N3O3/c19-18(20,21)13-7-5-11(6-8-13)9-12-3-1-2-4-14(12)16-23-24-17(27-16)22-10-15(25)26/h1-8H,9-10H2,(H,22,24)(H,25,26). The molecule has 6 nitrogen and oxygen atoms in total. The van der Waals surface area contributed by atoms with E-state index in [1.165, 1.54) is 12.1 Å². The molecule has 0 radical (unpaired) electrons. The first kappa shape index (κ1) is 18.4. The Hall–Kier alpha value is -3.36. The third-order valence-corrected chi connectivity index (χ3v) is 3.74. The number of aromatic nitrogens is 2. The quantitative estimate of drug-likeness (QED) is 0.679. The maximum atomic E-state index is 12.7. The van der Waals surface area contributed by atoms with E-state index in [0.29, 0.717) is 17.5 Å². The van der Waals surface area contributed by atoms with Crippen LogP contribution in [0.2, 0.25) is 0 Å². The number of alkyl halides is 3. The summed E-state index contributed by atoms with van der Waals surface area (Å²) in [5, 5.41) is 18.8. The molecule has 2 aromatic carbocycles. The lowest BCUT2D eigenvalue weighted by Gasteiger charge is -2.09. The number of aliphatic carboxylic acids is 1. The summed E-state index contributed by atoms with van der Waals surface area (Å²) < 4.78 is 43.4. The third-order valence-electron chi connectivity index (χ3n) is 3.74. The van der Waals surface area contributed by atoms with Crippen molar-refractivity contribution in [2.24, 2.45) is 0 Å². The zero-order valence-corrected chi connectivity index (χ0v) is 13.8. The fourth-order valence-corrected chi connectivity index (χ4v) is 2.47. The van der Waals surface area contributed by atoms with Crippen molar-refractivity contribution in [1.82, 2.24) is 10.2 Å². The van der Waals surface area contributed by atoms with Crippen LogP contribution >= 0.6 is 0 Å². The minimum atomic E-state index is -4.38. The van der Waals surface area contributed by atoms with E-state index in [0.717, 1.165) is 17.7 Å². The van der Waals surface area contributed by atoms with Crippen LogP contribution in [0.5, 0.6) is 0 Å². The summed E-state index contributed by atoms with van der Waals surface area (Å²) in [5.41, 5.74) is 1.39. The smallest absolute Gasteiger partial charge is 0.416 e. The van der Waals surface area contributed by atoms with Crippen LogP contribution in [0, 0.1) is 0 Å². The maximum absolute atomic E-state index is 12.7. The molecule has 2 N–H and O–H groups in total. The molecule has 0 aliphatic rings. The fourth-order valence-electron chi connectivity index (χ4n) is 2.47. The second kappa shape index (κ2) is 7.48. The summed E-state index contributed by atoms with van der Waals surface area (Å²) in [6, 6.07) is 12.0. The lowest BCUT2D eigenvalue weighted by Crippen LogP contribution is -2.12. The first-order valence-electron chi connectivity index (χ1n) is 7.86. The lowest BCUT2D eigenvalue weighted by atomic mass is 9.99. The molecule has 140 valence electrons. The van der Waals surface area contributed by atoms with Crippen molar-refractivity contribution in [3.8, 4) is 11.5 Å². The largest absolute Gasteiger partial charge is 0.480 e. The predicted molar refractivity (Wildman–Crippen MR) is 90.1 cm³/mol. The van der Waals surface area contributed by atoms with Crippen molar-refractivity contribution in [2.75, 3.05) is 11.9 Å². The molecule has 0 amide bonds. The number of carboxylic acids is 1. The summed E-state index contributed by atoms with van der Waals surface area (Å²) >= 11 is 0. The van der Waals surface area contributed by atoms with Crippen LogP contribution in [-0.4, -0.2) is 27.8 Å². The summed E-state index contributed by atoms with van der Waals surface area (Å²) in [4.78, 5) is 10.6. The van der Waals surface area contributed by atoms with Gasteiger partial charge in [0, 0.05) is 5.56 Å². The van der Waals surface area contributed by atoms with Crippen molar-refractivity contribution < 1.29 is 27.5 Å². The molecular formula is C18H14F3N3O3. The Morgan fingerprint density at radius 1 is 1.07 bits per heavy atom. The Bertz CT molecular complexity index is 937. The minimum absolute atomic E-state index is 0.0308. The van der Waals surface area contributed by atoms with E-state index >= 15 is 0 Å². The van der Waals surface area contributed by atoms with Gasteiger partial charge in [-0.05, 0) is 35.7 Å². The van der Waals surface area contributed by atoms with Crippen molar-refractivity contribution >= 4 is 12.0 Å². The Labute approximate surface area is 151 Å². The molecule has 0 bridgehead atoms. The number of anilines is 1. The van der Waals surface area contributed by atoms with Crippen LogP contribution in [-0.2, 0) is 17.4 Å². The molecule has 0 spiro atoms. The first-order chi connectivity index (χ1) is 12.8. The number of carboxylic acid groups (broad SMARTS) is 1. The van der Waals surface area contributed by atoms with Gasteiger partial charge in [-0.15, -0.1) is 5.10 Å². The monoisotopic (exact) mass is 377 g/mol. The Kier molecular flexibility index (Phi) is 5.11. The average Bonchev–Trinajstić information content (AvgIpc) is 3.09. The second-order valence-electron chi connectivity index (χ2n) is 5.69. The third kappa shape index (κ3) is 4.63. The van der Waals surface area contributed by atoms with Gasteiger partial charge in [0.05, 0.1) is 5.56 Å². The molecule has 0 aliphatic carbocycles. The highest BCUT2D eigenvalue weighted by Crippen LogP contribution is 2.30. The number of rotatable bonds is 6. The summed E-state index contributed by atoms with van der Waals surface area (Å²) in [6.07, 6.45) is -4.01. The minimum Gasteiger partial charge on any atom is -0.480 e. The van der Waals surface area contributed by atoms with Crippen molar-refractivity contribution in [3.05, 3.63) is 65.2 Å². The van der Waals surface area contributed by atoms with Crippen molar-refractivity contribution in [1.29, 1.82) is 0 Å². The highest BCUT2D eigenvalue weighted by Gasteiger charge is 2.29. The van der Waals surface area contributed by atoms with Crippen LogP contribution < -0.4 is 5.32 Å². The maximum Gasteiger partial charge on any atom is 0.416 e. The number of hydrogen-bond donors (Lipinski definition) is 2. The molecule has 3 aromatic rings. The molecular weight excluding hydrogens is 363 g/mol. The Morgan fingerprint density at radius 3 is 2.44 bits per heavy atom. The van der Waals surface area contributed by atoms with Gasteiger partial charge in [-0.2, -0.15) is 13.2 Å². The van der Waals surface area contributed by atoms with Gasteiger partial charge >= 0.3 is 18.2 Å². The SMILES string of the molecule is O=C(O)CNc1nnc(-c2ccccc2Cc2ccc(C(F)(F)F)cc2)o1. The predicted octanol–water partition coefficient (Wildman–Crippen LogP) is 3.84. The lowest BCUT2D eigenvalue weighted by molar-refractivity contribution is -0.137. The Balaban J connectivity index is 1.81. The molecule has 0 fully saturated rings. The topological polar surface area (TPSA) is 88.2 Å². The van der Waals surface area contributed by atoms with Crippen LogP contribution in [0.15, 0.2) is 52.9 Å². The second-order valence-corrected chi connectivity index (χ2v) is 5.69. The van der Waals surface area contributed by atoms with Crippen LogP contribution in [0.3, 0.4) is 0 Å². The normalized spacial score (nSPS) is 11.4. The highest BCUT2D eigenvalue weighted by molar-refractivity contribution is 5.71. The zero-order valence-electron chi connectivity index (χ0n) is 13.8. The van der Waals surface area contributed by atoms with Gasteiger partial charge < -0.3 is 14.8 Å². The number of nitrogens with one attached hydrogen (secondary N) is 1. The molecule has 0 saturated heterocycles. The summed E-state index contributed by atoms with van der Waals surface area (Å²) in [5.74, 6) is -0.886. The number of halogens is 3. The van der Waals surface area contributed by atoms with Gasteiger partial charge in [-0.25, -0.2) is 0 Å². The number of hydrogen-bond acceptors (Lipinski definition) is 5. The molecule has 9 heteroatoms. The van der Waals surface area contributed by atoms with E-state index in [9.17, 15) is 18.0 Å². The number of nitrogens with zero attached hydrogens (tertiary/aromatic N) is 2. The number of carbonyl (C=O) groups is 1. The van der Waals surface area contributed by atoms with Crippen LogP contribution in [0.25, 0.3) is 11.5 Å². The number of benzene rings is 2. The molecule has 1 aromatic heterocycles. The van der Waals surface area contributed by atoms with E-state index in [2.05, 4.69) is 15.5 Å². The molecule has 0 atom stereocenters. The van der Waals surface area contributed by atoms with E-state index < -0.39 is 17.7 Å². The van der Waals surface area contributed by atoms with Crippen LogP contribution in [0.4, 0.5) is 19.2 Å². The average molecular weight is 377 g/mol. The van der Waals surface area contributed by atoms with Crippen LogP contribution in [0.1, 0.15) is 16.7 Å². The molecule has 0 aliphatic heterocycles. The first-order valence-corrected chi connectivity index (χ1v) is 7.86. The van der Waals surface area contributed by atoms with E-state index in [4.69, 9.17) is 9.52 Å². The van der Waals surface area contributed by atoms with Gasteiger partial charge in [-0.3, -0.25) is 4.79 Å². The highest BCUT2D eigenvalue weighted by atomic mass is 19.4. The van der Waals surface area contributed by atoms with Gasteiger partial charge in [-0.1, -0.05) is 35.4 Å². The summed E-state index contributed by atoms with van der Waals surface area (Å²) in [7, 11) is 0.